The maximum absolute atomic E-state index is 10.7. The van der Waals surface area contributed by atoms with Crippen molar-refractivity contribution < 1.29 is 9.34 Å². The van der Waals surface area contributed by atoms with Crippen LogP contribution in [0.4, 0.5) is 5.69 Å². The first-order valence-electron chi connectivity index (χ1n) is 7.79. The molecule has 0 amide bonds. The Labute approximate surface area is 149 Å². The number of nitro groups is 1. The van der Waals surface area contributed by atoms with Crippen molar-refractivity contribution in [2.45, 2.75) is 24.9 Å². The van der Waals surface area contributed by atoms with Gasteiger partial charge in [-0.2, -0.15) is 0 Å². The van der Waals surface area contributed by atoms with E-state index in [1.807, 2.05) is 19.1 Å². The lowest BCUT2D eigenvalue weighted by Crippen LogP contribution is -1.92. The van der Waals surface area contributed by atoms with E-state index in [1.165, 1.54) is 23.3 Å². The third kappa shape index (κ3) is 4.06. The SMILES string of the molecule is Cc1ccccc1CS[C@H](C)c1nnc(-c2ccc([N+](=O)[O-])cc2)o1. The zero-order valence-corrected chi connectivity index (χ0v) is 14.7. The number of non-ortho nitro benzene ring substituents is 1. The molecule has 0 N–H and O–H groups in total. The third-order valence-corrected chi connectivity index (χ3v) is 5.04. The average Bonchev–Trinajstić information content (AvgIpc) is 3.11. The summed E-state index contributed by atoms with van der Waals surface area (Å²) < 4.78 is 5.74. The molecule has 0 saturated heterocycles. The van der Waals surface area contributed by atoms with Gasteiger partial charge in [0.1, 0.15) is 0 Å². The zero-order valence-electron chi connectivity index (χ0n) is 13.9. The number of thioether (sulfide) groups is 1. The highest BCUT2D eigenvalue weighted by Gasteiger charge is 2.16. The molecule has 1 atom stereocenters. The molecule has 0 fully saturated rings. The summed E-state index contributed by atoms with van der Waals surface area (Å²) in [5.74, 6) is 1.78. The molecular weight excluding hydrogens is 338 g/mol. The van der Waals surface area contributed by atoms with Gasteiger partial charge in [-0.25, -0.2) is 0 Å². The molecule has 0 saturated carbocycles. The smallest absolute Gasteiger partial charge is 0.269 e. The second-order valence-corrected chi connectivity index (χ2v) is 6.96. The van der Waals surface area contributed by atoms with Crippen molar-refractivity contribution in [2.24, 2.45) is 0 Å². The largest absolute Gasteiger partial charge is 0.420 e. The second kappa shape index (κ2) is 7.48. The fourth-order valence-electron chi connectivity index (χ4n) is 2.30. The van der Waals surface area contributed by atoms with Gasteiger partial charge in [0.25, 0.3) is 5.69 Å². The van der Waals surface area contributed by atoms with Crippen LogP contribution in [0.2, 0.25) is 0 Å². The molecule has 0 bridgehead atoms. The van der Waals surface area contributed by atoms with Gasteiger partial charge < -0.3 is 4.42 Å². The average molecular weight is 355 g/mol. The van der Waals surface area contributed by atoms with Crippen LogP contribution in [-0.4, -0.2) is 15.1 Å². The molecule has 0 unspecified atom stereocenters. The molecule has 128 valence electrons. The fourth-order valence-corrected chi connectivity index (χ4v) is 3.29. The first-order chi connectivity index (χ1) is 12.0. The van der Waals surface area contributed by atoms with Crippen molar-refractivity contribution in [1.82, 2.24) is 10.2 Å². The summed E-state index contributed by atoms with van der Waals surface area (Å²) in [6.07, 6.45) is 0. The molecule has 0 aliphatic rings. The summed E-state index contributed by atoms with van der Waals surface area (Å²) >= 11 is 1.73. The molecule has 1 aromatic heterocycles. The highest BCUT2D eigenvalue weighted by molar-refractivity contribution is 7.98. The van der Waals surface area contributed by atoms with Crippen LogP contribution in [0.15, 0.2) is 52.9 Å². The standard InChI is InChI=1S/C18H17N3O3S/c1-12-5-3-4-6-15(12)11-25-13(2)17-19-20-18(24-17)14-7-9-16(10-8-14)21(22)23/h3-10,13H,11H2,1-2H3/t13-/m1/s1. The van der Waals surface area contributed by atoms with Gasteiger partial charge in [0.05, 0.1) is 10.2 Å². The Morgan fingerprint density at radius 2 is 1.88 bits per heavy atom. The Balaban J connectivity index is 1.68. The van der Waals surface area contributed by atoms with E-state index in [2.05, 4.69) is 29.3 Å². The maximum atomic E-state index is 10.7. The molecule has 7 heteroatoms. The molecule has 1 heterocycles. The van der Waals surface area contributed by atoms with Crippen molar-refractivity contribution in [2.75, 3.05) is 0 Å². The van der Waals surface area contributed by atoms with Gasteiger partial charge in [0.15, 0.2) is 0 Å². The molecule has 0 aliphatic carbocycles. The Bertz CT molecular complexity index is 877. The number of nitrogens with zero attached hydrogens (tertiary/aromatic N) is 3. The zero-order chi connectivity index (χ0) is 17.8. The van der Waals surface area contributed by atoms with Crippen LogP contribution >= 0.6 is 11.8 Å². The predicted molar refractivity (Wildman–Crippen MR) is 97.3 cm³/mol. The van der Waals surface area contributed by atoms with E-state index in [4.69, 9.17) is 4.42 Å². The Kier molecular flexibility index (Phi) is 5.14. The number of nitro benzene ring substituents is 1. The van der Waals surface area contributed by atoms with Gasteiger partial charge in [-0.15, -0.1) is 22.0 Å². The van der Waals surface area contributed by atoms with Crippen LogP contribution in [0.5, 0.6) is 0 Å². The topological polar surface area (TPSA) is 82.1 Å². The number of benzene rings is 2. The number of rotatable bonds is 6. The van der Waals surface area contributed by atoms with Crippen molar-refractivity contribution in [3.8, 4) is 11.5 Å². The van der Waals surface area contributed by atoms with Crippen molar-refractivity contribution in [1.29, 1.82) is 0 Å². The minimum Gasteiger partial charge on any atom is -0.420 e. The summed E-state index contributed by atoms with van der Waals surface area (Å²) in [7, 11) is 0. The third-order valence-electron chi connectivity index (χ3n) is 3.86. The highest BCUT2D eigenvalue weighted by atomic mass is 32.2. The van der Waals surface area contributed by atoms with E-state index < -0.39 is 4.92 Å². The summed E-state index contributed by atoms with van der Waals surface area (Å²) in [4.78, 5) is 10.3. The van der Waals surface area contributed by atoms with E-state index in [9.17, 15) is 10.1 Å². The molecule has 3 rings (SSSR count). The van der Waals surface area contributed by atoms with Crippen LogP contribution < -0.4 is 0 Å². The number of hydrogen-bond acceptors (Lipinski definition) is 6. The van der Waals surface area contributed by atoms with Crippen LogP contribution in [0.25, 0.3) is 11.5 Å². The van der Waals surface area contributed by atoms with Crippen LogP contribution in [0, 0.1) is 17.0 Å². The monoisotopic (exact) mass is 355 g/mol. The summed E-state index contributed by atoms with van der Waals surface area (Å²) in [5, 5.41) is 18.9. The predicted octanol–water partition coefficient (Wildman–Crippen LogP) is 4.95. The van der Waals surface area contributed by atoms with Gasteiger partial charge in [0.2, 0.25) is 11.8 Å². The normalized spacial score (nSPS) is 12.1. The van der Waals surface area contributed by atoms with Crippen molar-refractivity contribution in [3.63, 3.8) is 0 Å². The second-order valence-electron chi connectivity index (χ2n) is 5.63. The maximum Gasteiger partial charge on any atom is 0.269 e. The Morgan fingerprint density at radius 1 is 1.16 bits per heavy atom. The van der Waals surface area contributed by atoms with Gasteiger partial charge in [-0.05, 0) is 37.1 Å². The van der Waals surface area contributed by atoms with E-state index in [-0.39, 0.29) is 10.9 Å². The van der Waals surface area contributed by atoms with Crippen molar-refractivity contribution in [3.05, 3.63) is 75.7 Å². The van der Waals surface area contributed by atoms with Gasteiger partial charge in [0, 0.05) is 23.4 Å². The summed E-state index contributed by atoms with van der Waals surface area (Å²) in [5.41, 5.74) is 3.25. The molecule has 25 heavy (non-hydrogen) atoms. The molecule has 0 radical (unpaired) electrons. The van der Waals surface area contributed by atoms with Gasteiger partial charge in [-0.3, -0.25) is 10.1 Å². The lowest BCUT2D eigenvalue weighted by molar-refractivity contribution is -0.384. The number of aryl methyl sites for hydroxylation is 1. The van der Waals surface area contributed by atoms with Crippen LogP contribution in [0.3, 0.4) is 0 Å². The molecule has 6 nitrogen and oxygen atoms in total. The lowest BCUT2D eigenvalue weighted by Gasteiger charge is -2.08. The Morgan fingerprint density at radius 3 is 2.56 bits per heavy atom. The molecule has 0 aliphatic heterocycles. The van der Waals surface area contributed by atoms with E-state index in [0.29, 0.717) is 17.3 Å². The van der Waals surface area contributed by atoms with E-state index >= 15 is 0 Å². The minimum atomic E-state index is -0.437. The highest BCUT2D eigenvalue weighted by Crippen LogP contribution is 2.32. The molecule has 3 aromatic rings. The Hall–Kier alpha value is -2.67. The van der Waals surface area contributed by atoms with Crippen LogP contribution in [-0.2, 0) is 5.75 Å². The lowest BCUT2D eigenvalue weighted by atomic mass is 10.1. The first kappa shape index (κ1) is 17.2. The number of aromatic nitrogens is 2. The quantitative estimate of drug-likeness (QED) is 0.460. The van der Waals surface area contributed by atoms with Crippen LogP contribution in [0.1, 0.15) is 29.2 Å². The molecule has 0 spiro atoms. The van der Waals surface area contributed by atoms with E-state index in [0.717, 1.165) is 5.75 Å². The molecule has 2 aromatic carbocycles. The minimum absolute atomic E-state index is 0.0330. The summed E-state index contributed by atoms with van der Waals surface area (Å²) in [6.45, 7) is 4.12. The fraction of sp³-hybridized carbons (Fsp3) is 0.222. The van der Waals surface area contributed by atoms with Crippen molar-refractivity contribution >= 4 is 17.4 Å². The van der Waals surface area contributed by atoms with Gasteiger partial charge in [-0.1, -0.05) is 24.3 Å². The van der Waals surface area contributed by atoms with E-state index in [1.54, 1.807) is 23.9 Å². The van der Waals surface area contributed by atoms with Gasteiger partial charge >= 0.3 is 0 Å². The first-order valence-corrected chi connectivity index (χ1v) is 8.84. The number of hydrogen-bond donors (Lipinski definition) is 0. The molecular formula is C18H17N3O3S. The summed E-state index contributed by atoms with van der Waals surface area (Å²) in [6, 6.07) is 14.4.